The second-order valence-corrected chi connectivity index (χ2v) is 6.89. The molecule has 0 saturated carbocycles. The van der Waals surface area contributed by atoms with E-state index in [4.69, 9.17) is 0 Å². The molecule has 0 atom stereocenters. The van der Waals surface area contributed by atoms with Gasteiger partial charge in [-0.1, -0.05) is 43.7 Å². The Morgan fingerprint density at radius 2 is 1.58 bits per heavy atom. The van der Waals surface area contributed by atoms with Crippen LogP contribution in [0.3, 0.4) is 0 Å². The van der Waals surface area contributed by atoms with Crippen LogP contribution in [0.2, 0.25) is 0 Å². The zero-order valence-electron chi connectivity index (χ0n) is 15.1. The van der Waals surface area contributed by atoms with Gasteiger partial charge in [-0.15, -0.1) is 11.3 Å². The Bertz CT molecular complexity index is 976. The fourth-order valence-electron chi connectivity index (χ4n) is 2.59. The first kappa shape index (κ1) is 18.2. The van der Waals surface area contributed by atoms with Gasteiger partial charge in [-0.3, -0.25) is 13.9 Å². The summed E-state index contributed by atoms with van der Waals surface area (Å²) in [7, 11) is 1.54. The first-order valence-electron chi connectivity index (χ1n) is 8.15. The number of benzene rings is 1. The molecular weight excluding hydrogens is 320 g/mol. The number of hydrogen-bond acceptors (Lipinski definition) is 3. The van der Waals surface area contributed by atoms with Crippen LogP contribution in [0.5, 0.6) is 0 Å². The van der Waals surface area contributed by atoms with E-state index in [1.54, 1.807) is 11.6 Å². The maximum atomic E-state index is 12.5. The molecule has 24 heavy (non-hydrogen) atoms. The summed E-state index contributed by atoms with van der Waals surface area (Å²) < 4.78 is 2.90. The fraction of sp³-hybridized carbons (Fsp3) is 0.368. The molecule has 3 rings (SSSR count). The van der Waals surface area contributed by atoms with Crippen molar-refractivity contribution in [3.05, 3.63) is 66.7 Å². The second-order valence-electron chi connectivity index (χ2n) is 5.68. The Labute approximate surface area is 146 Å². The van der Waals surface area contributed by atoms with Gasteiger partial charge in [0, 0.05) is 11.9 Å². The minimum atomic E-state index is -0.265. The molecule has 0 unspecified atom stereocenters. The van der Waals surface area contributed by atoms with Crippen molar-refractivity contribution >= 4 is 21.6 Å². The fourth-order valence-corrected chi connectivity index (χ4v) is 3.73. The van der Waals surface area contributed by atoms with Crippen LogP contribution in [0.15, 0.2) is 33.9 Å². The molecular formula is C19H24N2O2S. The van der Waals surface area contributed by atoms with E-state index in [9.17, 15) is 9.59 Å². The second kappa shape index (κ2) is 7.18. The summed E-state index contributed by atoms with van der Waals surface area (Å²) in [6.07, 6.45) is 0. The standard InChI is InChI=1S/C17H18N2O2S.C2H6/c1-10-5-7-13(8-6-10)9-19-16-14(11(2)12(3)22-16)15(20)18(4)17(19)21;1-2/h5-8H,9H2,1-4H3;1-2H3. The van der Waals surface area contributed by atoms with Crippen molar-refractivity contribution in [2.45, 2.75) is 41.2 Å². The van der Waals surface area contributed by atoms with Gasteiger partial charge in [-0.2, -0.15) is 0 Å². The predicted octanol–water partition coefficient (Wildman–Crippen LogP) is 3.76. The third kappa shape index (κ3) is 3.08. The van der Waals surface area contributed by atoms with Gasteiger partial charge in [0.1, 0.15) is 4.83 Å². The van der Waals surface area contributed by atoms with Crippen molar-refractivity contribution in [2.24, 2.45) is 7.05 Å². The zero-order chi connectivity index (χ0) is 18.0. The molecule has 0 aliphatic carbocycles. The van der Waals surface area contributed by atoms with Gasteiger partial charge in [0.2, 0.25) is 0 Å². The molecule has 0 N–H and O–H groups in total. The highest BCUT2D eigenvalue weighted by Crippen LogP contribution is 2.27. The number of aromatic nitrogens is 2. The number of aryl methyl sites for hydroxylation is 3. The van der Waals surface area contributed by atoms with Crippen LogP contribution in [-0.4, -0.2) is 9.13 Å². The van der Waals surface area contributed by atoms with Gasteiger partial charge in [-0.05, 0) is 31.9 Å². The lowest BCUT2D eigenvalue weighted by Crippen LogP contribution is -2.38. The van der Waals surface area contributed by atoms with E-state index in [0.29, 0.717) is 11.9 Å². The van der Waals surface area contributed by atoms with Crippen LogP contribution in [0.1, 0.15) is 35.4 Å². The first-order valence-corrected chi connectivity index (χ1v) is 8.97. The highest BCUT2D eigenvalue weighted by atomic mass is 32.1. The molecule has 128 valence electrons. The van der Waals surface area contributed by atoms with Crippen LogP contribution < -0.4 is 11.2 Å². The normalized spacial score (nSPS) is 10.6. The largest absolute Gasteiger partial charge is 0.332 e. The lowest BCUT2D eigenvalue weighted by molar-refractivity contribution is 0.677. The van der Waals surface area contributed by atoms with Crippen LogP contribution in [0, 0.1) is 20.8 Å². The Balaban J connectivity index is 0.00000100. The molecule has 0 aliphatic heterocycles. The van der Waals surface area contributed by atoms with Gasteiger partial charge < -0.3 is 0 Å². The van der Waals surface area contributed by atoms with E-state index in [-0.39, 0.29) is 11.2 Å². The minimum Gasteiger partial charge on any atom is -0.280 e. The number of hydrogen-bond donors (Lipinski definition) is 0. The van der Waals surface area contributed by atoms with Gasteiger partial charge in [0.05, 0.1) is 11.9 Å². The van der Waals surface area contributed by atoms with E-state index < -0.39 is 0 Å². The summed E-state index contributed by atoms with van der Waals surface area (Å²) in [6, 6.07) is 8.10. The van der Waals surface area contributed by atoms with Gasteiger partial charge in [0.25, 0.3) is 5.56 Å². The summed E-state index contributed by atoms with van der Waals surface area (Å²) in [4.78, 5) is 26.8. The molecule has 0 aliphatic rings. The molecule has 2 aromatic heterocycles. The van der Waals surface area contributed by atoms with Gasteiger partial charge in [0.15, 0.2) is 0 Å². The molecule has 4 nitrogen and oxygen atoms in total. The molecule has 0 spiro atoms. The third-order valence-corrected chi connectivity index (χ3v) is 5.34. The highest BCUT2D eigenvalue weighted by Gasteiger charge is 2.16. The third-order valence-electron chi connectivity index (χ3n) is 4.11. The molecule has 0 fully saturated rings. The maximum Gasteiger partial charge on any atom is 0.332 e. The van der Waals surface area contributed by atoms with Gasteiger partial charge >= 0.3 is 5.69 Å². The highest BCUT2D eigenvalue weighted by molar-refractivity contribution is 7.18. The molecule has 5 heteroatoms. The first-order chi connectivity index (χ1) is 11.4. The van der Waals surface area contributed by atoms with Crippen molar-refractivity contribution < 1.29 is 0 Å². The quantitative estimate of drug-likeness (QED) is 0.710. The number of thiophene rings is 1. The summed E-state index contributed by atoms with van der Waals surface area (Å²) in [6.45, 7) is 10.4. The lowest BCUT2D eigenvalue weighted by Gasteiger charge is -2.10. The number of rotatable bonds is 2. The molecule has 0 radical (unpaired) electrons. The molecule has 1 aromatic carbocycles. The summed E-state index contributed by atoms with van der Waals surface area (Å²) in [5.41, 5.74) is 2.74. The zero-order valence-corrected chi connectivity index (χ0v) is 16.0. The summed E-state index contributed by atoms with van der Waals surface area (Å²) >= 11 is 1.51. The molecule has 0 bridgehead atoms. The van der Waals surface area contributed by atoms with Crippen molar-refractivity contribution in [3.8, 4) is 0 Å². The average molecular weight is 344 g/mol. The molecule has 2 heterocycles. The van der Waals surface area contributed by atoms with Crippen LogP contribution in [0.25, 0.3) is 10.2 Å². The van der Waals surface area contributed by atoms with Crippen LogP contribution in [0.4, 0.5) is 0 Å². The summed E-state index contributed by atoms with van der Waals surface area (Å²) in [5, 5.41) is 0.664. The Hall–Kier alpha value is -2.14. The van der Waals surface area contributed by atoms with Crippen LogP contribution in [-0.2, 0) is 13.6 Å². The predicted molar refractivity (Wildman–Crippen MR) is 102 cm³/mol. The Morgan fingerprint density at radius 3 is 2.17 bits per heavy atom. The monoisotopic (exact) mass is 344 g/mol. The number of fused-ring (bicyclic) bond motifs is 1. The van der Waals surface area contributed by atoms with Crippen LogP contribution >= 0.6 is 11.3 Å². The SMILES string of the molecule is CC.Cc1ccc(Cn2c(=O)n(C)c(=O)c3c(C)c(C)sc32)cc1. The van der Waals surface area contributed by atoms with E-state index in [2.05, 4.69) is 0 Å². The van der Waals surface area contributed by atoms with E-state index in [0.717, 1.165) is 20.8 Å². The van der Waals surface area contributed by atoms with Gasteiger partial charge in [-0.25, -0.2) is 4.79 Å². The Kier molecular flexibility index (Phi) is 5.44. The lowest BCUT2D eigenvalue weighted by atomic mass is 10.1. The van der Waals surface area contributed by atoms with E-state index >= 15 is 0 Å². The van der Waals surface area contributed by atoms with E-state index in [1.807, 2.05) is 58.9 Å². The smallest absolute Gasteiger partial charge is 0.280 e. The summed E-state index contributed by atoms with van der Waals surface area (Å²) in [5.74, 6) is 0. The minimum absolute atomic E-state index is 0.206. The Morgan fingerprint density at radius 1 is 1.00 bits per heavy atom. The molecule has 0 saturated heterocycles. The average Bonchev–Trinajstić information content (AvgIpc) is 2.88. The number of nitrogens with zero attached hydrogens (tertiary/aromatic N) is 2. The molecule has 3 aromatic rings. The maximum absolute atomic E-state index is 12.5. The van der Waals surface area contributed by atoms with Crippen molar-refractivity contribution in [1.82, 2.24) is 9.13 Å². The van der Waals surface area contributed by atoms with Crippen molar-refractivity contribution in [2.75, 3.05) is 0 Å². The van der Waals surface area contributed by atoms with Crippen molar-refractivity contribution in [3.63, 3.8) is 0 Å². The van der Waals surface area contributed by atoms with E-state index in [1.165, 1.54) is 21.5 Å². The van der Waals surface area contributed by atoms with Crippen molar-refractivity contribution in [1.29, 1.82) is 0 Å². The molecule has 0 amide bonds. The topological polar surface area (TPSA) is 44.0 Å².